The van der Waals surface area contributed by atoms with E-state index < -0.39 is 72.1 Å². The molecule has 4 aromatic rings. The summed E-state index contributed by atoms with van der Waals surface area (Å²) in [5, 5.41) is 89.2. The number of hydrogen-bond donors (Lipinski definition) is 6. The number of unbranched alkanes of at least 4 members (excludes halogenated alkanes) is 5. The van der Waals surface area contributed by atoms with Gasteiger partial charge in [-0.25, -0.2) is 19.6 Å². The van der Waals surface area contributed by atoms with Crippen LogP contribution in [-0.4, -0.2) is 165 Å². The number of aliphatic hydroxyl groups is 2. The first-order valence-electron chi connectivity index (χ1n) is 43.7. The number of hydrogen-bond acceptors (Lipinski definition) is 27. The number of carboxylic acid groups (broad SMARTS) is 3. The van der Waals surface area contributed by atoms with E-state index in [-0.39, 0.29) is 119 Å². The smallest absolute Gasteiger partial charge is 0.349 e. The summed E-state index contributed by atoms with van der Waals surface area (Å²) in [4.78, 5) is 95.2. The van der Waals surface area contributed by atoms with Crippen molar-refractivity contribution >= 4 is 59.4 Å². The van der Waals surface area contributed by atoms with Gasteiger partial charge in [0.05, 0.1) is 80.7 Å². The van der Waals surface area contributed by atoms with Crippen LogP contribution in [0.25, 0.3) is 11.6 Å². The van der Waals surface area contributed by atoms with Crippen molar-refractivity contribution in [3.05, 3.63) is 112 Å². The molecule has 1 aliphatic rings. The zero-order valence-electron chi connectivity index (χ0n) is 77.1. The van der Waals surface area contributed by atoms with Crippen LogP contribution in [0.5, 0.6) is 40.2 Å². The third-order valence-corrected chi connectivity index (χ3v) is 21.8. The van der Waals surface area contributed by atoms with Crippen LogP contribution < -0.4 is 44.1 Å². The van der Waals surface area contributed by atoms with Crippen LogP contribution in [-0.2, 0) is 68.5 Å². The van der Waals surface area contributed by atoms with Crippen LogP contribution in [0, 0.1) is 46.8 Å². The lowest BCUT2D eigenvalue weighted by Crippen LogP contribution is -3.25. The first kappa shape index (κ1) is 112. The zero-order valence-corrected chi connectivity index (χ0v) is 77.1. The number of phenolic OH excluding ortho intramolecular Hbond substituents is 2. The van der Waals surface area contributed by atoms with Crippen LogP contribution in [0.15, 0.2) is 90.0 Å². The van der Waals surface area contributed by atoms with Crippen LogP contribution in [0.1, 0.15) is 273 Å². The zero-order chi connectivity index (χ0) is 93.7. The molecule has 0 saturated carbocycles. The topological polar surface area (TPSA) is 427 Å². The van der Waals surface area contributed by atoms with Crippen molar-refractivity contribution in [2.24, 2.45) is 35.5 Å². The number of nitrogens with one attached hydrogen (secondary N) is 1. The standard InChI is InChI=1S/C28H46O7.C28H44O7.C25H29NO3.C9H19NO2.C6H8O7/c2*1-7-11-13-20(9-3)18-34-27(30)23(28(31)35-19-21(10-4)14-12-8-2)15-22-16-24(32-5)26(29)25(17-22)33-6;1-4-6-10-19(5-2)18-29-25(27)23(17-26)24(20-11-8-7-9-12-20)21-13-15-22(28-3)16-14-21;1-8(2)5-7(11)6-9(3,4)10(8)12;7-3(8)1-6(13,5(11)12)2-4(9)10/h16-17,20-21,23,29H,7-15,18-19H2,1-6H3;15-17,20-21,29H,7-14,18-19H2,1-6H3;7-9,11-16,19H,4-6,10,18H2,1-3H3;7,11-12H,5-6H2,1-4H3;13H,1-2H2,(H,7,8)(H,9,10)(H,11,12)/p-2/b;;24-23+;;. The van der Waals surface area contributed by atoms with Crippen LogP contribution in [0.2, 0.25) is 0 Å². The number of esters is 5. The molecule has 0 amide bonds. The number of aliphatic hydroxyl groups excluding tert-OH is 1. The highest BCUT2D eigenvalue weighted by Crippen LogP contribution is 2.40. The largest absolute Gasteiger partial charge is 0.550 e. The van der Waals surface area contributed by atoms with E-state index in [4.69, 9.17) is 52.5 Å². The number of quaternary nitrogens is 1. The molecule has 5 unspecified atom stereocenters. The molecule has 0 aromatic heterocycles. The van der Waals surface area contributed by atoms with Crippen LogP contribution >= 0.6 is 0 Å². The Kier molecular flexibility index (Phi) is 54.8. The number of nitriles is 1. The summed E-state index contributed by atoms with van der Waals surface area (Å²) in [7, 11) is 7.28. The number of aliphatic carboxylic acids is 3. The molecule has 696 valence electrons. The normalized spacial score (nSPS) is 15.2. The summed E-state index contributed by atoms with van der Waals surface area (Å²) in [6, 6.07) is 25.1. The maximum atomic E-state index is 13.1. The van der Waals surface area contributed by atoms with E-state index in [1.807, 2.05) is 82.3 Å². The van der Waals surface area contributed by atoms with Crippen molar-refractivity contribution in [3.8, 4) is 46.3 Å². The number of ether oxygens (including phenoxy) is 10. The second-order valence-electron chi connectivity index (χ2n) is 32.6. The van der Waals surface area contributed by atoms with Gasteiger partial charge in [0.2, 0.25) is 11.5 Å². The number of piperidine rings is 1. The number of hydroxylamine groups is 2. The van der Waals surface area contributed by atoms with Gasteiger partial charge in [-0.2, -0.15) is 10.3 Å². The Balaban J connectivity index is 0.000000817. The minimum atomic E-state index is -2.97. The first-order chi connectivity index (χ1) is 58.9. The molecular weight excluding hydrogens is 1600 g/mol. The fourth-order valence-corrected chi connectivity index (χ4v) is 13.9. The minimum absolute atomic E-state index is 0.0201. The fourth-order valence-electron chi connectivity index (χ4n) is 13.9. The summed E-state index contributed by atoms with van der Waals surface area (Å²) >= 11 is 0. The summed E-state index contributed by atoms with van der Waals surface area (Å²) in [6.45, 7) is 30.4. The highest BCUT2D eigenvalue weighted by molar-refractivity contribution is 6.17. The predicted octanol–water partition coefficient (Wildman–Crippen LogP) is 12.9. The third kappa shape index (κ3) is 40.4. The van der Waals surface area contributed by atoms with Crippen molar-refractivity contribution in [2.45, 2.75) is 280 Å². The molecule has 1 fully saturated rings. The lowest BCUT2D eigenvalue weighted by molar-refractivity contribution is -1.16. The Hall–Kier alpha value is -9.95. The van der Waals surface area contributed by atoms with Crippen LogP contribution in [0.3, 0.4) is 0 Å². The summed E-state index contributed by atoms with van der Waals surface area (Å²) < 4.78 is 54.0. The van der Waals surface area contributed by atoms with Gasteiger partial charge < -0.3 is 97.5 Å². The van der Waals surface area contributed by atoms with Gasteiger partial charge in [-0.3, -0.25) is 9.59 Å². The second kappa shape index (κ2) is 60.6. The molecule has 28 heteroatoms. The Labute approximate surface area is 735 Å². The van der Waals surface area contributed by atoms with Crippen molar-refractivity contribution in [1.29, 1.82) is 5.26 Å². The predicted molar refractivity (Wildman–Crippen MR) is 465 cm³/mol. The van der Waals surface area contributed by atoms with Crippen molar-refractivity contribution in [3.63, 3.8) is 0 Å². The minimum Gasteiger partial charge on any atom is -0.550 e. The maximum absolute atomic E-state index is 13.1. The number of carbonyl (C=O) groups excluding carboxylic acids is 8. The van der Waals surface area contributed by atoms with Gasteiger partial charge in [0.15, 0.2) is 28.9 Å². The van der Waals surface area contributed by atoms with E-state index in [9.17, 15) is 79.5 Å². The van der Waals surface area contributed by atoms with E-state index in [1.165, 1.54) is 46.6 Å². The Morgan fingerprint density at radius 3 is 1.14 bits per heavy atom. The third-order valence-electron chi connectivity index (χ3n) is 21.8. The fraction of sp³-hybridized carbons (Fsp3) is 0.615. The number of nitrogens with zero attached hydrogens (tertiary/aromatic N) is 1. The quantitative estimate of drug-likeness (QED) is 0.00597. The summed E-state index contributed by atoms with van der Waals surface area (Å²) in [6.07, 6.45) is 20.1. The number of benzene rings is 4. The average molecular weight is 1740 g/mol. The van der Waals surface area contributed by atoms with Gasteiger partial charge in [-0.1, -0.05) is 208 Å². The van der Waals surface area contributed by atoms with Crippen molar-refractivity contribution < 1.29 is 132 Å². The lowest BCUT2D eigenvalue weighted by Gasteiger charge is -2.45. The number of carbonyl (C=O) groups is 8. The second-order valence-corrected chi connectivity index (χ2v) is 32.6. The molecule has 6 N–H and O–H groups in total. The van der Waals surface area contributed by atoms with Gasteiger partial charge in [0.25, 0.3) is 0 Å². The molecule has 5 rings (SSSR count). The van der Waals surface area contributed by atoms with E-state index in [0.29, 0.717) is 52.9 Å². The molecule has 0 bridgehead atoms. The molecule has 1 aliphatic heterocycles. The SMILES string of the molecule is CC1(C)CC(O)CC(C)(C)[NH+]1O.CCCCC(CC)COC(=O)/C(C#N)=C(\c1ccccc1)c1ccc(OC)cc1.CCCCC(CC)COC(=O)C(=Cc1cc(OC)c(O)c(OC)c1)C(=O)OCC(CC)CCCC.CCCCC(CC)COC(=O)C(Cc1cc(OC)c(O)c(OC)c1)C(=O)OCC(CC)CCCC.O=C([O-])CC(O)(CC(=O)[O-])C(=O)[O-]. The Morgan fingerprint density at radius 1 is 0.500 bits per heavy atom. The van der Waals surface area contributed by atoms with Gasteiger partial charge in [-0.05, 0) is 161 Å². The molecular formula is C96H144N2O26-2. The van der Waals surface area contributed by atoms with E-state index in [1.54, 1.807) is 19.2 Å². The molecule has 4 aromatic carbocycles. The number of aromatic hydroxyl groups is 2. The Bertz CT molecular complexity index is 3790. The lowest BCUT2D eigenvalue weighted by atomic mass is 9.80. The number of phenols is 2. The van der Waals surface area contributed by atoms with Crippen molar-refractivity contribution in [1.82, 2.24) is 0 Å². The molecule has 0 spiro atoms. The van der Waals surface area contributed by atoms with E-state index in [0.717, 1.165) is 140 Å². The highest BCUT2D eigenvalue weighted by atomic mass is 16.6. The molecule has 0 radical (unpaired) electrons. The molecule has 1 saturated heterocycles. The number of rotatable bonds is 50. The first-order valence-corrected chi connectivity index (χ1v) is 43.7. The number of carboxylic acids is 3. The summed E-state index contributed by atoms with van der Waals surface area (Å²) in [5.74, 6) is -7.81. The van der Waals surface area contributed by atoms with Crippen LogP contribution in [0.4, 0.5) is 0 Å². The monoisotopic (exact) mass is 1740 g/mol. The van der Waals surface area contributed by atoms with Gasteiger partial charge >= 0.3 is 29.8 Å². The molecule has 5 atom stereocenters. The van der Waals surface area contributed by atoms with Gasteiger partial charge in [-0.15, -0.1) is 0 Å². The van der Waals surface area contributed by atoms with Crippen molar-refractivity contribution in [2.75, 3.05) is 68.6 Å². The molecule has 28 nitrogen and oxygen atoms in total. The number of methoxy groups -OCH3 is 5. The maximum Gasteiger partial charge on any atom is 0.349 e. The Morgan fingerprint density at radius 2 is 0.831 bits per heavy atom. The average Bonchev–Trinajstić information content (AvgIpc) is 0.780. The highest BCUT2D eigenvalue weighted by Gasteiger charge is 2.49. The molecule has 124 heavy (non-hydrogen) atoms. The summed E-state index contributed by atoms with van der Waals surface area (Å²) in [5.41, 5.74) is -0.444. The van der Waals surface area contributed by atoms with Gasteiger partial charge in [0, 0.05) is 43.2 Å². The van der Waals surface area contributed by atoms with Gasteiger partial charge in [0.1, 0.15) is 39.6 Å². The van der Waals surface area contributed by atoms with E-state index in [2.05, 4.69) is 75.3 Å². The molecule has 1 heterocycles. The molecule has 0 aliphatic carbocycles. The van der Waals surface area contributed by atoms with E-state index >= 15 is 0 Å².